The molecule has 23 heavy (non-hydrogen) atoms. The third-order valence-corrected chi connectivity index (χ3v) is 3.70. The first kappa shape index (κ1) is 21.9. The van der Waals surface area contributed by atoms with Crippen LogP contribution in [0.2, 0.25) is 0 Å². The van der Waals surface area contributed by atoms with Gasteiger partial charge in [-0.2, -0.15) is 0 Å². The Balaban J connectivity index is 3.28. The predicted octanol–water partition coefficient (Wildman–Crippen LogP) is 5.18. The van der Waals surface area contributed by atoms with Crippen LogP contribution in [0.5, 0.6) is 0 Å². The Morgan fingerprint density at radius 3 is 1.70 bits per heavy atom. The maximum absolute atomic E-state index is 11.5. The molecule has 0 amide bonds. The van der Waals surface area contributed by atoms with E-state index in [4.69, 9.17) is 9.47 Å². The number of unbranched alkanes of at least 4 members (excludes halogenated alkanes) is 10. The van der Waals surface area contributed by atoms with E-state index in [1.165, 1.54) is 57.8 Å². The molecule has 0 aromatic rings. The minimum atomic E-state index is -0.479. The molecule has 136 valence electrons. The monoisotopic (exact) mass is 328 g/mol. The fourth-order valence-electron chi connectivity index (χ4n) is 2.44. The molecule has 0 aliphatic heterocycles. The second-order valence-electron chi connectivity index (χ2n) is 6.48. The van der Waals surface area contributed by atoms with Gasteiger partial charge in [-0.15, -0.1) is 0 Å². The van der Waals surface area contributed by atoms with Crippen LogP contribution >= 0.6 is 0 Å². The Bertz CT molecular complexity index is 300. The molecule has 0 aromatic heterocycles. The molecule has 0 spiro atoms. The molecular formula is C19H36O4. The molecule has 0 aromatic carbocycles. The summed E-state index contributed by atoms with van der Waals surface area (Å²) < 4.78 is 9.78. The first-order chi connectivity index (χ1) is 11.1. The number of ether oxygens (including phenoxy) is 2. The van der Waals surface area contributed by atoms with Gasteiger partial charge < -0.3 is 9.47 Å². The summed E-state index contributed by atoms with van der Waals surface area (Å²) in [6.45, 7) is 5.51. The van der Waals surface area contributed by atoms with Gasteiger partial charge in [0.05, 0.1) is 6.10 Å². The molecule has 0 saturated heterocycles. The van der Waals surface area contributed by atoms with Crippen molar-refractivity contribution in [1.82, 2.24) is 0 Å². The van der Waals surface area contributed by atoms with E-state index in [0.717, 1.165) is 12.8 Å². The maximum Gasteiger partial charge on any atom is 0.344 e. The average molecular weight is 328 g/mol. The highest BCUT2D eigenvalue weighted by Gasteiger charge is 2.09. The normalized spacial score (nSPS) is 10.8. The molecule has 0 aliphatic rings. The fraction of sp³-hybridized carbons (Fsp3) is 0.895. The van der Waals surface area contributed by atoms with E-state index in [-0.39, 0.29) is 18.7 Å². The standard InChI is InChI=1S/C19H36O4/c1-4-5-6-7-8-9-10-11-12-13-14-15-18(20)22-16-19(21)23-17(2)3/h17H,4-16H2,1-3H3. The molecule has 0 N–H and O–H groups in total. The molecule has 0 bridgehead atoms. The van der Waals surface area contributed by atoms with E-state index >= 15 is 0 Å². The molecule has 0 atom stereocenters. The van der Waals surface area contributed by atoms with Gasteiger partial charge in [0, 0.05) is 6.42 Å². The number of esters is 2. The van der Waals surface area contributed by atoms with E-state index in [2.05, 4.69) is 6.92 Å². The summed E-state index contributed by atoms with van der Waals surface area (Å²) in [7, 11) is 0. The second-order valence-corrected chi connectivity index (χ2v) is 6.48. The Hall–Kier alpha value is -1.06. The van der Waals surface area contributed by atoms with Crippen LogP contribution in [0.1, 0.15) is 97.8 Å². The summed E-state index contributed by atoms with van der Waals surface area (Å²) in [6.07, 6.45) is 14.0. The molecule has 4 nitrogen and oxygen atoms in total. The van der Waals surface area contributed by atoms with Crippen molar-refractivity contribution < 1.29 is 19.1 Å². The Labute approximate surface area is 142 Å². The average Bonchev–Trinajstić information content (AvgIpc) is 2.50. The van der Waals surface area contributed by atoms with Crippen LogP contribution in [0, 0.1) is 0 Å². The lowest BCUT2D eigenvalue weighted by atomic mass is 10.1. The van der Waals surface area contributed by atoms with Crippen molar-refractivity contribution in [2.45, 2.75) is 104 Å². The SMILES string of the molecule is CCCCCCCCCCCCCC(=O)OCC(=O)OC(C)C. The van der Waals surface area contributed by atoms with Crippen molar-refractivity contribution in [2.24, 2.45) is 0 Å². The largest absolute Gasteiger partial charge is 0.460 e. The molecule has 0 unspecified atom stereocenters. The fourth-order valence-corrected chi connectivity index (χ4v) is 2.44. The van der Waals surface area contributed by atoms with Crippen LogP contribution in [-0.4, -0.2) is 24.6 Å². The van der Waals surface area contributed by atoms with Crippen LogP contribution in [0.15, 0.2) is 0 Å². The molecule has 0 heterocycles. The van der Waals surface area contributed by atoms with Crippen molar-refractivity contribution in [2.75, 3.05) is 6.61 Å². The van der Waals surface area contributed by atoms with Crippen LogP contribution < -0.4 is 0 Å². The number of hydrogen-bond donors (Lipinski definition) is 0. The van der Waals surface area contributed by atoms with Gasteiger partial charge in [0.2, 0.25) is 0 Å². The summed E-state index contributed by atoms with van der Waals surface area (Å²) >= 11 is 0. The highest BCUT2D eigenvalue weighted by atomic mass is 16.6. The number of carbonyl (C=O) groups is 2. The molecule has 0 rings (SSSR count). The highest BCUT2D eigenvalue weighted by Crippen LogP contribution is 2.12. The summed E-state index contributed by atoms with van der Waals surface area (Å²) in [4.78, 5) is 22.7. The van der Waals surface area contributed by atoms with Crippen LogP contribution in [-0.2, 0) is 19.1 Å². The Morgan fingerprint density at radius 1 is 0.739 bits per heavy atom. The summed E-state index contributed by atoms with van der Waals surface area (Å²) in [5.41, 5.74) is 0. The molecule has 0 fully saturated rings. The quantitative estimate of drug-likeness (QED) is 0.307. The number of carbonyl (C=O) groups excluding carboxylic acids is 2. The zero-order valence-corrected chi connectivity index (χ0v) is 15.4. The van der Waals surface area contributed by atoms with E-state index in [0.29, 0.717) is 6.42 Å². The van der Waals surface area contributed by atoms with Gasteiger partial charge in [-0.05, 0) is 20.3 Å². The molecule has 0 radical (unpaired) electrons. The van der Waals surface area contributed by atoms with E-state index in [1.54, 1.807) is 13.8 Å². The lowest BCUT2D eigenvalue weighted by Gasteiger charge is -2.08. The summed E-state index contributed by atoms with van der Waals surface area (Å²) in [5.74, 6) is -0.783. The third-order valence-electron chi connectivity index (χ3n) is 3.70. The first-order valence-electron chi connectivity index (χ1n) is 9.41. The van der Waals surface area contributed by atoms with Gasteiger partial charge in [-0.3, -0.25) is 4.79 Å². The van der Waals surface area contributed by atoms with E-state index in [9.17, 15) is 9.59 Å². The number of rotatable bonds is 15. The Morgan fingerprint density at radius 2 is 1.22 bits per heavy atom. The van der Waals surface area contributed by atoms with Gasteiger partial charge in [-0.1, -0.05) is 71.1 Å². The predicted molar refractivity (Wildman–Crippen MR) is 93.3 cm³/mol. The van der Waals surface area contributed by atoms with Gasteiger partial charge in [0.1, 0.15) is 0 Å². The van der Waals surface area contributed by atoms with Crippen LogP contribution in [0.3, 0.4) is 0 Å². The zero-order chi connectivity index (χ0) is 17.3. The van der Waals surface area contributed by atoms with Gasteiger partial charge in [0.15, 0.2) is 6.61 Å². The lowest BCUT2D eigenvalue weighted by molar-refractivity contribution is -0.161. The molecular weight excluding hydrogens is 292 g/mol. The van der Waals surface area contributed by atoms with Crippen molar-refractivity contribution in [3.63, 3.8) is 0 Å². The van der Waals surface area contributed by atoms with Gasteiger partial charge in [-0.25, -0.2) is 4.79 Å². The molecule has 0 aliphatic carbocycles. The lowest BCUT2D eigenvalue weighted by Crippen LogP contribution is -2.19. The number of hydrogen-bond acceptors (Lipinski definition) is 4. The smallest absolute Gasteiger partial charge is 0.344 e. The topological polar surface area (TPSA) is 52.6 Å². The van der Waals surface area contributed by atoms with E-state index < -0.39 is 5.97 Å². The van der Waals surface area contributed by atoms with Crippen LogP contribution in [0.25, 0.3) is 0 Å². The van der Waals surface area contributed by atoms with Crippen molar-refractivity contribution in [1.29, 1.82) is 0 Å². The second kappa shape index (κ2) is 15.8. The van der Waals surface area contributed by atoms with Gasteiger partial charge in [0.25, 0.3) is 0 Å². The van der Waals surface area contributed by atoms with Crippen LogP contribution in [0.4, 0.5) is 0 Å². The van der Waals surface area contributed by atoms with Gasteiger partial charge >= 0.3 is 11.9 Å². The van der Waals surface area contributed by atoms with E-state index in [1.807, 2.05) is 0 Å². The summed E-state index contributed by atoms with van der Waals surface area (Å²) in [5, 5.41) is 0. The zero-order valence-electron chi connectivity index (χ0n) is 15.4. The first-order valence-corrected chi connectivity index (χ1v) is 9.41. The third kappa shape index (κ3) is 17.1. The molecule has 0 saturated carbocycles. The minimum absolute atomic E-state index is 0.173. The van der Waals surface area contributed by atoms with Crippen molar-refractivity contribution in [3.8, 4) is 0 Å². The highest BCUT2D eigenvalue weighted by molar-refractivity contribution is 5.76. The molecule has 4 heteroatoms. The summed E-state index contributed by atoms with van der Waals surface area (Å²) in [6, 6.07) is 0. The maximum atomic E-state index is 11.5. The minimum Gasteiger partial charge on any atom is -0.460 e. The van der Waals surface area contributed by atoms with Crippen molar-refractivity contribution >= 4 is 11.9 Å². The Kier molecular flexibility index (Phi) is 15.1. The van der Waals surface area contributed by atoms with Crippen molar-refractivity contribution in [3.05, 3.63) is 0 Å².